The second kappa shape index (κ2) is 10.1. The molecule has 10 nitrogen and oxygen atoms in total. The van der Waals surface area contributed by atoms with Crippen LogP contribution in [0.25, 0.3) is 33.1 Å². The van der Waals surface area contributed by atoms with Gasteiger partial charge in [-0.2, -0.15) is 0 Å². The molecule has 38 heavy (non-hydrogen) atoms. The summed E-state index contributed by atoms with van der Waals surface area (Å²) in [7, 11) is -4.54. The Labute approximate surface area is 220 Å². The Morgan fingerprint density at radius 3 is 2.63 bits per heavy atom. The number of sulfone groups is 1. The number of aryl methyl sites for hydroxylation is 1. The van der Waals surface area contributed by atoms with Crippen LogP contribution < -0.4 is 4.74 Å². The number of aromatic amines is 1. The van der Waals surface area contributed by atoms with Crippen LogP contribution in [-0.4, -0.2) is 71.7 Å². The van der Waals surface area contributed by atoms with Gasteiger partial charge in [0.05, 0.1) is 15.7 Å². The van der Waals surface area contributed by atoms with E-state index in [9.17, 15) is 22.8 Å². The van der Waals surface area contributed by atoms with Crippen molar-refractivity contribution < 1.29 is 32.0 Å². The van der Waals surface area contributed by atoms with Gasteiger partial charge in [0.25, 0.3) is 0 Å². The lowest BCUT2D eigenvalue weighted by Crippen LogP contribution is -2.32. The van der Waals surface area contributed by atoms with E-state index >= 15 is 0 Å². The predicted octanol–water partition coefficient (Wildman–Crippen LogP) is 4.05. The van der Waals surface area contributed by atoms with Crippen molar-refractivity contribution in [2.45, 2.75) is 36.0 Å². The van der Waals surface area contributed by atoms with Crippen LogP contribution >= 0.6 is 7.82 Å². The fraction of sp³-hybridized carbons (Fsp3) is 0.346. The molecule has 0 aliphatic heterocycles. The van der Waals surface area contributed by atoms with Gasteiger partial charge in [0.1, 0.15) is 24.1 Å². The highest BCUT2D eigenvalue weighted by Gasteiger charge is 2.37. The van der Waals surface area contributed by atoms with Crippen LogP contribution in [0.4, 0.5) is 0 Å². The lowest BCUT2D eigenvalue weighted by Gasteiger charge is -2.22. The molecular weight excluding hydrogens is 529 g/mol. The largest absolute Gasteiger partial charge is 0.489 e. The first-order valence-electron chi connectivity index (χ1n) is 12.2. The number of rotatable bonds is 10. The molecule has 5 rings (SSSR count). The summed E-state index contributed by atoms with van der Waals surface area (Å²) in [4.78, 5) is 28.5. The van der Waals surface area contributed by atoms with E-state index in [4.69, 9.17) is 9.26 Å². The van der Waals surface area contributed by atoms with Crippen molar-refractivity contribution in [3.63, 3.8) is 0 Å². The zero-order valence-electron chi connectivity index (χ0n) is 21.3. The molecule has 0 bridgehead atoms. The highest BCUT2D eigenvalue weighted by Crippen LogP contribution is 2.41. The fourth-order valence-electron chi connectivity index (χ4n) is 4.64. The Hall–Kier alpha value is -2.79. The minimum Gasteiger partial charge on any atom is -0.489 e. The average molecular weight is 560 g/mol. The number of ether oxygens (including phenoxy) is 1. The van der Waals surface area contributed by atoms with E-state index in [-0.39, 0.29) is 18.4 Å². The van der Waals surface area contributed by atoms with Gasteiger partial charge in [0, 0.05) is 23.5 Å². The second-order valence-electron chi connectivity index (χ2n) is 9.96. The number of hydrogen-bond donors (Lipinski definition) is 3. The van der Waals surface area contributed by atoms with Crippen molar-refractivity contribution >= 4 is 39.6 Å². The minimum absolute atomic E-state index is 0.103. The third kappa shape index (κ3) is 5.63. The molecule has 4 aromatic rings. The number of hydrogen-bond acceptors (Lipinski definition) is 7. The van der Waals surface area contributed by atoms with Crippen molar-refractivity contribution in [1.29, 1.82) is 0 Å². The summed E-state index contributed by atoms with van der Waals surface area (Å²) in [6.45, 7) is 2.08. The Morgan fingerprint density at radius 1 is 1.18 bits per heavy atom. The molecule has 202 valence electrons. The van der Waals surface area contributed by atoms with Crippen LogP contribution in [0.5, 0.6) is 5.75 Å². The monoisotopic (exact) mass is 559 g/mol. The number of nitrogens with one attached hydrogen (secondary N) is 1. The van der Waals surface area contributed by atoms with E-state index in [2.05, 4.69) is 9.97 Å². The maximum Gasteiger partial charge on any atom is 0.470 e. The van der Waals surface area contributed by atoms with Crippen molar-refractivity contribution in [3.8, 4) is 16.9 Å². The molecular formula is C26H30N3O7PS. The van der Waals surface area contributed by atoms with Crippen LogP contribution in [0.1, 0.15) is 18.4 Å². The van der Waals surface area contributed by atoms with E-state index in [1.807, 2.05) is 25.1 Å². The molecule has 0 amide bonds. The number of H-pyrrole nitrogens is 1. The van der Waals surface area contributed by atoms with Gasteiger partial charge in [-0.25, -0.2) is 18.0 Å². The number of fused-ring (bicyclic) bond motifs is 3. The van der Waals surface area contributed by atoms with Crippen LogP contribution in [0.3, 0.4) is 0 Å². The molecule has 1 saturated carbocycles. The SMILES string of the molecule is Cc1cnc2[nH]c3c(OCC(CN(C)C)OP(=O)(O)O)ccc(-c4cccc(S(=O)(=O)C5CC5)c4)c3c2c1. The third-order valence-corrected chi connectivity index (χ3v) is 9.25. The summed E-state index contributed by atoms with van der Waals surface area (Å²) in [6, 6.07) is 12.6. The predicted molar refractivity (Wildman–Crippen MR) is 145 cm³/mol. The van der Waals surface area contributed by atoms with Crippen molar-refractivity contribution in [3.05, 3.63) is 54.2 Å². The highest BCUT2D eigenvalue weighted by molar-refractivity contribution is 7.92. The van der Waals surface area contributed by atoms with E-state index < -0.39 is 23.8 Å². The molecule has 0 saturated heterocycles. The molecule has 0 radical (unpaired) electrons. The molecule has 1 unspecified atom stereocenters. The van der Waals surface area contributed by atoms with Gasteiger partial charge in [-0.1, -0.05) is 12.1 Å². The number of phosphoric ester groups is 1. The van der Waals surface area contributed by atoms with Gasteiger partial charge >= 0.3 is 7.82 Å². The van der Waals surface area contributed by atoms with Crippen LogP contribution in [0.2, 0.25) is 0 Å². The summed E-state index contributed by atoms with van der Waals surface area (Å²) in [6.07, 6.45) is 2.25. The molecule has 2 aromatic carbocycles. The molecule has 1 aliphatic rings. The normalized spacial score (nSPS) is 15.4. The molecule has 0 spiro atoms. The van der Waals surface area contributed by atoms with Crippen LogP contribution in [-0.2, 0) is 18.9 Å². The summed E-state index contributed by atoms with van der Waals surface area (Å²) in [5, 5.41) is 1.36. The van der Waals surface area contributed by atoms with E-state index in [1.54, 1.807) is 49.5 Å². The first-order valence-corrected chi connectivity index (χ1v) is 15.3. The smallest absolute Gasteiger partial charge is 0.470 e. The molecule has 2 aromatic heterocycles. The quantitative estimate of drug-likeness (QED) is 0.245. The van der Waals surface area contributed by atoms with Crippen LogP contribution in [0.15, 0.2) is 53.6 Å². The van der Waals surface area contributed by atoms with Crippen molar-refractivity contribution in [2.24, 2.45) is 0 Å². The number of nitrogens with zero attached hydrogens (tertiary/aromatic N) is 2. The van der Waals surface area contributed by atoms with Gasteiger partial charge in [-0.15, -0.1) is 0 Å². The lowest BCUT2D eigenvalue weighted by molar-refractivity contribution is 0.0714. The number of benzene rings is 2. The van der Waals surface area contributed by atoms with E-state index in [0.29, 0.717) is 34.7 Å². The maximum atomic E-state index is 12.9. The zero-order chi connectivity index (χ0) is 27.2. The summed E-state index contributed by atoms with van der Waals surface area (Å²) >= 11 is 0. The molecule has 1 fully saturated rings. The summed E-state index contributed by atoms with van der Waals surface area (Å²) < 4.78 is 48.3. The fourth-order valence-corrected chi connectivity index (χ4v) is 6.86. The lowest BCUT2D eigenvalue weighted by atomic mass is 9.99. The number of likely N-dealkylation sites (N-methyl/N-ethyl adjacent to an activating group) is 1. The Balaban J connectivity index is 1.59. The summed E-state index contributed by atoms with van der Waals surface area (Å²) in [5.41, 5.74) is 3.81. The molecule has 3 N–H and O–H groups in total. The van der Waals surface area contributed by atoms with Gasteiger partial charge < -0.3 is 24.4 Å². The van der Waals surface area contributed by atoms with E-state index in [0.717, 1.165) is 27.5 Å². The Morgan fingerprint density at radius 2 is 1.95 bits per heavy atom. The molecule has 1 aliphatic carbocycles. The van der Waals surface area contributed by atoms with E-state index in [1.165, 1.54) is 0 Å². The van der Waals surface area contributed by atoms with Gasteiger partial charge in [-0.3, -0.25) is 4.52 Å². The average Bonchev–Trinajstić information content (AvgIpc) is 3.63. The topological polar surface area (TPSA) is 142 Å². The minimum atomic E-state index is -4.72. The number of phosphoric acid groups is 1. The highest BCUT2D eigenvalue weighted by atomic mass is 32.2. The Bertz CT molecular complexity index is 1660. The second-order valence-corrected chi connectivity index (χ2v) is 13.4. The first-order chi connectivity index (χ1) is 17.9. The number of pyridine rings is 1. The zero-order valence-corrected chi connectivity index (χ0v) is 23.0. The summed E-state index contributed by atoms with van der Waals surface area (Å²) in [5.74, 6) is 0.458. The molecule has 2 heterocycles. The standard InChI is InChI=1S/C26H30N3O7PS/c1-16-11-22-24-21(17-5-4-6-20(12-17)38(33,34)19-7-8-19)9-10-23(25(24)28-26(22)27-13-16)35-15-18(14-29(2)3)36-37(30,31)32/h4-6,9-13,18-19H,7-8,14-15H2,1-3H3,(H,27,28)(H2,30,31,32). The first kappa shape index (κ1) is 26.8. The third-order valence-electron chi connectivity index (χ3n) is 6.42. The maximum absolute atomic E-state index is 12.9. The molecule has 12 heteroatoms. The molecule has 1 atom stereocenters. The van der Waals surface area contributed by atoms with Crippen molar-refractivity contribution in [1.82, 2.24) is 14.9 Å². The van der Waals surface area contributed by atoms with Crippen LogP contribution in [0, 0.1) is 6.92 Å². The van der Waals surface area contributed by atoms with Gasteiger partial charge in [0.2, 0.25) is 0 Å². The van der Waals surface area contributed by atoms with Crippen molar-refractivity contribution in [2.75, 3.05) is 27.2 Å². The van der Waals surface area contributed by atoms with Gasteiger partial charge in [-0.05, 0) is 80.9 Å². The Kier molecular flexibility index (Phi) is 7.10. The number of aromatic nitrogens is 2. The van der Waals surface area contributed by atoms with Gasteiger partial charge in [0.15, 0.2) is 9.84 Å².